The summed E-state index contributed by atoms with van der Waals surface area (Å²) in [5.74, 6) is -0.136. The first-order chi connectivity index (χ1) is 8.63. The second kappa shape index (κ2) is 5.63. The van der Waals surface area contributed by atoms with E-state index in [9.17, 15) is 4.39 Å². The summed E-state index contributed by atoms with van der Waals surface area (Å²) >= 11 is 1.73. The van der Waals surface area contributed by atoms with Crippen LogP contribution in [0.3, 0.4) is 0 Å². The van der Waals surface area contributed by atoms with Crippen molar-refractivity contribution >= 4 is 11.3 Å². The first-order valence-electron chi connectivity index (χ1n) is 6.17. The number of hydrogen-bond donors (Lipinski definition) is 1. The molecular weight excluding hydrogens is 245 g/mol. The molecule has 0 fully saturated rings. The molecule has 1 aromatic carbocycles. The highest BCUT2D eigenvalue weighted by atomic mass is 32.1. The Labute approximate surface area is 112 Å². The summed E-state index contributed by atoms with van der Waals surface area (Å²) in [6, 6.07) is 7.68. The first-order valence-corrected chi connectivity index (χ1v) is 7.05. The van der Waals surface area contributed by atoms with Gasteiger partial charge in [-0.15, -0.1) is 11.3 Å². The molecule has 1 N–H and O–H groups in total. The fourth-order valence-electron chi connectivity index (χ4n) is 2.09. The Hall–Kier alpha value is -1.19. The monoisotopic (exact) mass is 263 g/mol. The molecule has 1 atom stereocenters. The Morgan fingerprint density at radius 1 is 1.28 bits per heavy atom. The van der Waals surface area contributed by atoms with Crippen LogP contribution in [0.15, 0.2) is 29.6 Å². The number of nitrogens with one attached hydrogen (secondary N) is 1. The zero-order chi connectivity index (χ0) is 13.1. The van der Waals surface area contributed by atoms with E-state index in [4.69, 9.17) is 0 Å². The molecular formula is C15H18FNS. The molecule has 1 nitrogen and oxygen atoms in total. The summed E-state index contributed by atoms with van der Waals surface area (Å²) in [4.78, 5) is 1.28. The van der Waals surface area contributed by atoms with Gasteiger partial charge in [0, 0.05) is 4.88 Å². The SMILES string of the molecule is CCNC(c1ccc(C)c(F)c1)c1ccsc1C. The molecule has 2 rings (SSSR count). The Bertz CT molecular complexity index is 533. The van der Waals surface area contributed by atoms with Crippen molar-refractivity contribution in [1.82, 2.24) is 5.32 Å². The van der Waals surface area contributed by atoms with Crippen LogP contribution in [0.25, 0.3) is 0 Å². The van der Waals surface area contributed by atoms with E-state index >= 15 is 0 Å². The molecule has 0 aliphatic rings. The standard InChI is InChI=1S/C15H18FNS/c1-4-17-15(13-7-8-18-11(13)3)12-6-5-10(2)14(16)9-12/h5-9,15,17H,4H2,1-3H3. The lowest BCUT2D eigenvalue weighted by Crippen LogP contribution is -2.22. The van der Waals surface area contributed by atoms with Gasteiger partial charge in [0.25, 0.3) is 0 Å². The fourth-order valence-corrected chi connectivity index (χ4v) is 2.84. The number of hydrogen-bond acceptors (Lipinski definition) is 2. The van der Waals surface area contributed by atoms with Crippen LogP contribution in [0.1, 0.15) is 34.5 Å². The Morgan fingerprint density at radius 3 is 2.61 bits per heavy atom. The van der Waals surface area contributed by atoms with Crippen molar-refractivity contribution in [3.63, 3.8) is 0 Å². The lowest BCUT2D eigenvalue weighted by Gasteiger charge is -2.19. The van der Waals surface area contributed by atoms with Crippen molar-refractivity contribution in [3.8, 4) is 0 Å². The summed E-state index contributed by atoms with van der Waals surface area (Å²) in [5.41, 5.74) is 2.92. The van der Waals surface area contributed by atoms with Gasteiger partial charge in [0.15, 0.2) is 0 Å². The summed E-state index contributed by atoms with van der Waals surface area (Å²) in [6.07, 6.45) is 0. The van der Waals surface area contributed by atoms with Crippen LogP contribution in [0.2, 0.25) is 0 Å². The van der Waals surface area contributed by atoms with Gasteiger partial charge in [-0.3, -0.25) is 0 Å². The van der Waals surface area contributed by atoms with Crippen LogP contribution in [0.4, 0.5) is 4.39 Å². The highest BCUT2D eigenvalue weighted by Crippen LogP contribution is 2.28. The van der Waals surface area contributed by atoms with E-state index < -0.39 is 0 Å². The van der Waals surface area contributed by atoms with E-state index in [-0.39, 0.29) is 11.9 Å². The lowest BCUT2D eigenvalue weighted by molar-refractivity contribution is 0.597. The van der Waals surface area contributed by atoms with Crippen LogP contribution >= 0.6 is 11.3 Å². The molecule has 0 spiro atoms. The van der Waals surface area contributed by atoms with Crippen LogP contribution in [-0.2, 0) is 0 Å². The quantitative estimate of drug-likeness (QED) is 0.871. The maximum Gasteiger partial charge on any atom is 0.126 e. The molecule has 1 heterocycles. The smallest absolute Gasteiger partial charge is 0.126 e. The third kappa shape index (κ3) is 2.62. The van der Waals surface area contributed by atoms with Crippen LogP contribution in [-0.4, -0.2) is 6.54 Å². The van der Waals surface area contributed by atoms with Crippen LogP contribution < -0.4 is 5.32 Å². The van der Waals surface area contributed by atoms with Crippen molar-refractivity contribution in [2.45, 2.75) is 26.8 Å². The minimum Gasteiger partial charge on any atom is -0.306 e. The average molecular weight is 263 g/mol. The zero-order valence-corrected chi connectivity index (χ0v) is 11.8. The number of rotatable bonds is 4. The molecule has 1 aromatic heterocycles. The summed E-state index contributed by atoms with van der Waals surface area (Å²) in [6.45, 7) is 6.82. The van der Waals surface area contributed by atoms with Gasteiger partial charge in [-0.05, 0) is 54.6 Å². The Balaban J connectivity index is 2.41. The molecule has 3 heteroatoms. The molecule has 0 aliphatic heterocycles. The van der Waals surface area contributed by atoms with Gasteiger partial charge in [-0.25, -0.2) is 4.39 Å². The van der Waals surface area contributed by atoms with Crippen molar-refractivity contribution in [2.75, 3.05) is 6.54 Å². The lowest BCUT2D eigenvalue weighted by atomic mass is 9.98. The molecule has 0 bridgehead atoms. The molecule has 0 saturated heterocycles. The minimum absolute atomic E-state index is 0.0800. The van der Waals surface area contributed by atoms with Crippen molar-refractivity contribution in [3.05, 3.63) is 57.0 Å². The fraction of sp³-hybridized carbons (Fsp3) is 0.333. The van der Waals surface area contributed by atoms with Crippen molar-refractivity contribution in [2.24, 2.45) is 0 Å². The van der Waals surface area contributed by atoms with Crippen molar-refractivity contribution < 1.29 is 4.39 Å². The molecule has 0 radical (unpaired) electrons. The van der Waals surface area contributed by atoms with Crippen LogP contribution in [0, 0.1) is 19.7 Å². The predicted molar refractivity (Wildman–Crippen MR) is 75.7 cm³/mol. The van der Waals surface area contributed by atoms with Gasteiger partial charge >= 0.3 is 0 Å². The maximum atomic E-state index is 13.7. The Kier molecular flexibility index (Phi) is 4.15. The van der Waals surface area contributed by atoms with E-state index in [0.717, 1.165) is 12.1 Å². The molecule has 2 aromatic rings. The predicted octanol–water partition coefficient (Wildman–Crippen LogP) is 4.20. The van der Waals surface area contributed by atoms with Crippen LogP contribution in [0.5, 0.6) is 0 Å². The van der Waals surface area contributed by atoms with Crippen molar-refractivity contribution in [1.29, 1.82) is 0 Å². The third-order valence-electron chi connectivity index (χ3n) is 3.15. The van der Waals surface area contributed by atoms with E-state index in [1.165, 1.54) is 10.4 Å². The van der Waals surface area contributed by atoms with E-state index in [2.05, 4.69) is 30.6 Å². The molecule has 0 saturated carbocycles. The molecule has 96 valence electrons. The molecule has 1 unspecified atom stereocenters. The molecule has 18 heavy (non-hydrogen) atoms. The topological polar surface area (TPSA) is 12.0 Å². The third-order valence-corrected chi connectivity index (χ3v) is 4.01. The number of benzene rings is 1. The highest BCUT2D eigenvalue weighted by molar-refractivity contribution is 7.10. The van der Waals surface area contributed by atoms with Gasteiger partial charge < -0.3 is 5.32 Å². The normalized spacial score (nSPS) is 12.7. The van der Waals surface area contributed by atoms with Gasteiger partial charge in [-0.2, -0.15) is 0 Å². The van der Waals surface area contributed by atoms with E-state index in [0.29, 0.717) is 5.56 Å². The molecule has 0 amide bonds. The van der Waals surface area contributed by atoms with Gasteiger partial charge in [0.1, 0.15) is 5.82 Å². The number of aryl methyl sites for hydroxylation is 2. The average Bonchev–Trinajstić information content (AvgIpc) is 2.76. The zero-order valence-electron chi connectivity index (χ0n) is 11.0. The van der Waals surface area contributed by atoms with Gasteiger partial charge in [-0.1, -0.05) is 19.1 Å². The summed E-state index contributed by atoms with van der Waals surface area (Å²) in [5, 5.41) is 5.51. The Morgan fingerprint density at radius 2 is 2.06 bits per heavy atom. The second-order valence-electron chi connectivity index (χ2n) is 4.43. The molecule has 0 aliphatic carbocycles. The first kappa shape index (κ1) is 13.2. The van der Waals surface area contributed by atoms with E-state index in [1.807, 2.05) is 12.1 Å². The summed E-state index contributed by atoms with van der Waals surface area (Å²) in [7, 11) is 0. The minimum atomic E-state index is -0.136. The summed E-state index contributed by atoms with van der Waals surface area (Å²) < 4.78 is 13.7. The number of thiophene rings is 1. The maximum absolute atomic E-state index is 13.7. The van der Waals surface area contributed by atoms with Gasteiger partial charge in [0.05, 0.1) is 6.04 Å². The second-order valence-corrected chi connectivity index (χ2v) is 5.55. The van der Waals surface area contributed by atoms with Gasteiger partial charge in [0.2, 0.25) is 0 Å². The number of halogens is 1. The highest BCUT2D eigenvalue weighted by Gasteiger charge is 2.16. The van der Waals surface area contributed by atoms with E-state index in [1.54, 1.807) is 24.3 Å². The largest absolute Gasteiger partial charge is 0.306 e.